The molecule has 0 bridgehead atoms. The number of hydrogen-bond donors (Lipinski definition) is 2. The van der Waals surface area contributed by atoms with Gasteiger partial charge >= 0.3 is 45.2 Å². The van der Waals surface area contributed by atoms with Crippen molar-refractivity contribution >= 4 is 10.1 Å². The highest BCUT2D eigenvalue weighted by Gasteiger charge is 2.89. The van der Waals surface area contributed by atoms with E-state index in [-0.39, 0.29) is 0 Å². The van der Waals surface area contributed by atoms with Gasteiger partial charge in [-0.1, -0.05) is 0 Å². The van der Waals surface area contributed by atoms with Gasteiger partial charge in [-0.3, -0.25) is 4.55 Å². The Bertz CT molecular complexity index is 645. The van der Waals surface area contributed by atoms with Crippen LogP contribution < -0.4 is 5.32 Å². The van der Waals surface area contributed by atoms with E-state index in [9.17, 15) is 69.9 Å². The van der Waals surface area contributed by atoms with E-state index < -0.39 is 57.8 Å². The normalized spacial score (nSPS) is 16.2. The molecule has 0 saturated carbocycles. The second kappa shape index (κ2) is 8.56. The van der Waals surface area contributed by atoms with Crippen molar-refractivity contribution in [3.8, 4) is 0 Å². The average molecular weight is 491 g/mol. The Morgan fingerprint density at radius 1 is 0.759 bits per heavy atom. The molecule has 4 nitrogen and oxygen atoms in total. The van der Waals surface area contributed by atoms with E-state index in [4.69, 9.17) is 4.55 Å². The minimum absolute atomic E-state index is 1.88. The minimum atomic E-state index is -8.14. The van der Waals surface area contributed by atoms with Crippen LogP contribution in [0.1, 0.15) is 6.42 Å². The van der Waals surface area contributed by atoms with Crippen molar-refractivity contribution < 1.29 is 74.4 Å². The lowest BCUT2D eigenvalue weighted by Gasteiger charge is -2.39. The number of alkyl halides is 14. The van der Waals surface area contributed by atoms with Crippen molar-refractivity contribution in [2.45, 2.75) is 47.7 Å². The highest BCUT2D eigenvalue weighted by Crippen LogP contribution is 2.59. The zero-order chi connectivity index (χ0) is 24.5. The van der Waals surface area contributed by atoms with Crippen LogP contribution in [0.5, 0.6) is 0 Å². The SMILES string of the molecule is CNC.O=S(=O)(O)C(F)(F)C(F)(F)C(F)(F)C(F)(F)C(F)(F)C(F)CC(F)(F)F. The summed E-state index contributed by atoms with van der Waals surface area (Å²) in [7, 11) is -3.86. The summed E-state index contributed by atoms with van der Waals surface area (Å²) >= 11 is 0. The molecule has 0 spiro atoms. The van der Waals surface area contributed by atoms with Gasteiger partial charge in [0.1, 0.15) is 0 Å². The minimum Gasteiger partial charge on any atom is -0.323 e. The number of nitrogens with one attached hydrogen (secondary N) is 1. The molecule has 2 N–H and O–H groups in total. The quantitative estimate of drug-likeness (QED) is 0.416. The molecule has 0 aromatic rings. The van der Waals surface area contributed by atoms with E-state index in [1.807, 2.05) is 14.1 Å². The predicted octanol–water partition coefficient (Wildman–Crippen LogP) is 4.13. The maximum Gasteiger partial charge on any atom is 0.438 e. The van der Waals surface area contributed by atoms with Crippen LogP contribution in [-0.4, -0.2) is 68.4 Å². The van der Waals surface area contributed by atoms with Crippen LogP contribution in [0.2, 0.25) is 0 Å². The van der Waals surface area contributed by atoms with Crippen LogP contribution in [0.4, 0.5) is 61.5 Å². The molecule has 0 aliphatic carbocycles. The molecule has 0 aromatic carbocycles. The molecule has 0 fully saturated rings. The summed E-state index contributed by atoms with van der Waals surface area (Å²) in [6.07, 6.45) is -14.9. The van der Waals surface area contributed by atoms with Crippen molar-refractivity contribution in [2.75, 3.05) is 14.1 Å². The summed E-state index contributed by atoms with van der Waals surface area (Å²) in [5.41, 5.74) is 0. The van der Waals surface area contributed by atoms with E-state index in [2.05, 4.69) is 5.32 Å². The van der Waals surface area contributed by atoms with Crippen molar-refractivity contribution in [3.63, 3.8) is 0 Å². The fourth-order valence-electron chi connectivity index (χ4n) is 1.28. The van der Waals surface area contributed by atoms with Gasteiger partial charge < -0.3 is 5.32 Å². The molecule has 0 aromatic heterocycles. The van der Waals surface area contributed by atoms with Gasteiger partial charge in [0, 0.05) is 0 Å². The van der Waals surface area contributed by atoms with E-state index in [1.165, 1.54) is 0 Å². The summed E-state index contributed by atoms with van der Waals surface area (Å²) in [6.45, 7) is 0. The average Bonchev–Trinajstić information content (AvgIpc) is 2.44. The van der Waals surface area contributed by atoms with Crippen LogP contribution in [0.3, 0.4) is 0 Å². The van der Waals surface area contributed by atoms with Crippen LogP contribution in [0, 0.1) is 0 Å². The number of halogens is 14. The Hall–Kier alpha value is -1.11. The first-order valence-corrected chi connectivity index (χ1v) is 7.89. The maximum absolute atomic E-state index is 13.0. The molecule has 0 saturated heterocycles. The molecular weight excluding hydrogens is 480 g/mol. The van der Waals surface area contributed by atoms with Crippen molar-refractivity contribution in [1.82, 2.24) is 5.32 Å². The predicted molar refractivity (Wildman–Crippen MR) is 66.8 cm³/mol. The third-order valence-corrected chi connectivity index (χ3v) is 3.61. The third kappa shape index (κ3) is 5.53. The van der Waals surface area contributed by atoms with Gasteiger partial charge in [-0.2, -0.15) is 65.5 Å². The summed E-state index contributed by atoms with van der Waals surface area (Å²) < 4.78 is 205. The Balaban J connectivity index is 0. The van der Waals surface area contributed by atoms with Gasteiger partial charge in [-0.15, -0.1) is 0 Å². The fourth-order valence-corrected chi connectivity index (χ4v) is 1.73. The zero-order valence-electron chi connectivity index (χ0n) is 13.7. The highest BCUT2D eigenvalue weighted by molar-refractivity contribution is 7.87. The maximum atomic E-state index is 13.0. The Morgan fingerprint density at radius 2 is 1.07 bits per heavy atom. The standard InChI is InChI=1S/C8H4F14O3S.C2H7N/c9-2(1-3(10,11)12)4(13,14)5(15,16)6(17,18)7(19,20)8(21,22)26(23,24)25;1-3-2/h2H,1H2,(H,23,24,25);3H,1-2H3. The summed E-state index contributed by atoms with van der Waals surface area (Å²) in [5, 5.41) is -4.75. The summed E-state index contributed by atoms with van der Waals surface area (Å²) in [5.74, 6) is -31.4. The fraction of sp³-hybridized carbons (Fsp3) is 1.00. The van der Waals surface area contributed by atoms with E-state index >= 15 is 0 Å². The zero-order valence-corrected chi connectivity index (χ0v) is 14.6. The lowest BCUT2D eigenvalue weighted by Crippen LogP contribution is -2.70. The Morgan fingerprint density at radius 3 is 1.31 bits per heavy atom. The van der Waals surface area contributed by atoms with E-state index in [1.54, 1.807) is 0 Å². The van der Waals surface area contributed by atoms with Gasteiger partial charge in [0.05, 0.1) is 6.42 Å². The Labute approximate surface area is 153 Å². The molecule has 0 rings (SSSR count). The smallest absolute Gasteiger partial charge is 0.323 e. The van der Waals surface area contributed by atoms with Gasteiger partial charge in [0.2, 0.25) is 0 Å². The summed E-state index contributed by atoms with van der Waals surface area (Å²) in [6, 6.07) is 0. The molecule has 0 heterocycles. The first-order chi connectivity index (χ1) is 12.3. The summed E-state index contributed by atoms with van der Waals surface area (Å²) in [4.78, 5) is 0. The molecule has 1 atom stereocenters. The first kappa shape index (κ1) is 30.1. The largest absolute Gasteiger partial charge is 0.438 e. The number of rotatable bonds is 7. The topological polar surface area (TPSA) is 66.4 Å². The number of hydrogen-bond acceptors (Lipinski definition) is 3. The molecule has 29 heavy (non-hydrogen) atoms. The highest BCUT2D eigenvalue weighted by atomic mass is 32.2. The molecule has 1 unspecified atom stereocenters. The molecule has 0 aliphatic rings. The molecular formula is C10H11F14NO3S. The molecule has 0 amide bonds. The van der Waals surface area contributed by atoms with Gasteiger partial charge in [0.15, 0.2) is 6.17 Å². The monoisotopic (exact) mass is 491 g/mol. The molecule has 19 heteroatoms. The molecule has 0 aliphatic heterocycles. The van der Waals surface area contributed by atoms with Gasteiger partial charge in [0.25, 0.3) is 0 Å². The second-order valence-corrected chi connectivity index (χ2v) is 6.59. The van der Waals surface area contributed by atoms with Crippen LogP contribution >= 0.6 is 0 Å². The van der Waals surface area contributed by atoms with E-state index in [0.717, 1.165) is 0 Å². The van der Waals surface area contributed by atoms with Crippen LogP contribution in [0.15, 0.2) is 0 Å². The van der Waals surface area contributed by atoms with Crippen molar-refractivity contribution in [3.05, 3.63) is 0 Å². The Kier molecular flexibility index (Phi) is 8.88. The first-order valence-electron chi connectivity index (χ1n) is 6.45. The lowest BCUT2D eigenvalue weighted by molar-refractivity contribution is -0.398. The van der Waals surface area contributed by atoms with Crippen LogP contribution in [0.25, 0.3) is 0 Å². The van der Waals surface area contributed by atoms with Gasteiger partial charge in [-0.05, 0) is 14.1 Å². The van der Waals surface area contributed by atoms with Crippen LogP contribution in [-0.2, 0) is 10.1 Å². The third-order valence-electron chi connectivity index (χ3n) is 2.70. The lowest BCUT2D eigenvalue weighted by atomic mass is 9.94. The van der Waals surface area contributed by atoms with Gasteiger partial charge in [-0.25, -0.2) is 4.39 Å². The second-order valence-electron chi connectivity index (χ2n) is 5.12. The van der Waals surface area contributed by atoms with Crippen molar-refractivity contribution in [1.29, 1.82) is 0 Å². The molecule has 0 radical (unpaired) electrons. The molecule has 178 valence electrons. The van der Waals surface area contributed by atoms with Crippen molar-refractivity contribution in [2.24, 2.45) is 0 Å². The van der Waals surface area contributed by atoms with E-state index in [0.29, 0.717) is 0 Å².